The molecule has 0 saturated carbocycles. The maximum Gasteiger partial charge on any atom is 0.254 e. The molecule has 0 fully saturated rings. The molecule has 0 saturated heterocycles. The van der Waals surface area contributed by atoms with Gasteiger partial charge in [0.1, 0.15) is 11.5 Å². The molecule has 0 bridgehead atoms. The largest absolute Gasteiger partial charge is 0.463 e. The third-order valence-electron chi connectivity index (χ3n) is 4.83. The third kappa shape index (κ3) is 4.61. The zero-order valence-electron chi connectivity index (χ0n) is 16.4. The van der Waals surface area contributed by atoms with E-state index in [2.05, 4.69) is 11.0 Å². The predicted octanol–water partition coefficient (Wildman–Crippen LogP) is 4.25. The summed E-state index contributed by atoms with van der Waals surface area (Å²) < 4.78 is 5.95. The fourth-order valence-electron chi connectivity index (χ4n) is 3.44. The molecule has 4 rings (SSSR count). The molecule has 152 valence electrons. The molecule has 0 atom stereocenters. The minimum absolute atomic E-state index is 0. The number of carbonyl (C=O) groups excluding carboxylic acids is 2. The van der Waals surface area contributed by atoms with Gasteiger partial charge in [-0.1, -0.05) is 18.2 Å². The third-order valence-corrected chi connectivity index (χ3v) is 5.70. The van der Waals surface area contributed by atoms with E-state index >= 15 is 0 Å². The van der Waals surface area contributed by atoms with Crippen molar-refractivity contribution in [2.24, 2.45) is 0 Å². The molecule has 0 aliphatic carbocycles. The van der Waals surface area contributed by atoms with E-state index < -0.39 is 0 Å². The molecule has 1 aliphatic rings. The molecule has 29 heavy (non-hydrogen) atoms. The van der Waals surface area contributed by atoms with E-state index in [9.17, 15) is 9.59 Å². The highest BCUT2D eigenvalue weighted by molar-refractivity contribution is 7.12. The summed E-state index contributed by atoms with van der Waals surface area (Å²) in [7, 11) is 4.01. The zero-order valence-corrected chi connectivity index (χ0v) is 18.0. The van der Waals surface area contributed by atoms with E-state index in [1.165, 1.54) is 16.9 Å². The van der Waals surface area contributed by atoms with E-state index in [1.807, 2.05) is 31.6 Å². The Kier molecular flexibility index (Phi) is 6.57. The van der Waals surface area contributed by atoms with Gasteiger partial charge in [0.25, 0.3) is 5.91 Å². The fraction of sp³-hybridized carbons (Fsp3) is 0.273. The van der Waals surface area contributed by atoms with Crippen molar-refractivity contribution in [3.05, 3.63) is 80.9 Å². The number of ketones is 1. The summed E-state index contributed by atoms with van der Waals surface area (Å²) in [6, 6.07) is 12.7. The second kappa shape index (κ2) is 8.95. The van der Waals surface area contributed by atoms with E-state index in [1.54, 1.807) is 29.2 Å². The first-order valence-corrected chi connectivity index (χ1v) is 10.1. The molecule has 0 unspecified atom stereocenters. The van der Waals surface area contributed by atoms with E-state index in [0.717, 1.165) is 24.5 Å². The number of thiophene rings is 1. The van der Waals surface area contributed by atoms with Gasteiger partial charge in [-0.25, -0.2) is 0 Å². The summed E-state index contributed by atoms with van der Waals surface area (Å²) in [4.78, 5) is 29.9. The molecular formula is C22H23ClN2O3S. The highest BCUT2D eigenvalue weighted by Crippen LogP contribution is 2.25. The van der Waals surface area contributed by atoms with Crippen molar-refractivity contribution < 1.29 is 14.0 Å². The quantitative estimate of drug-likeness (QED) is 0.568. The zero-order chi connectivity index (χ0) is 19.7. The summed E-state index contributed by atoms with van der Waals surface area (Å²) in [5.74, 6) is 1.76. The summed E-state index contributed by atoms with van der Waals surface area (Å²) in [6.07, 6.45) is 0.799. The maximum absolute atomic E-state index is 12.9. The normalized spacial score (nSPS) is 13.1. The lowest BCUT2D eigenvalue weighted by molar-refractivity contribution is 0.0718. The monoisotopic (exact) mass is 430 g/mol. The fourth-order valence-corrected chi connectivity index (χ4v) is 4.13. The summed E-state index contributed by atoms with van der Waals surface area (Å²) in [6.45, 7) is 1.90. The van der Waals surface area contributed by atoms with Crippen LogP contribution in [0.15, 0.2) is 52.3 Å². The molecule has 3 heterocycles. The van der Waals surface area contributed by atoms with Crippen molar-refractivity contribution in [3.63, 3.8) is 0 Å². The van der Waals surface area contributed by atoms with Gasteiger partial charge in [0.15, 0.2) is 0 Å². The lowest BCUT2D eigenvalue weighted by Gasteiger charge is -2.26. The van der Waals surface area contributed by atoms with Crippen LogP contribution in [-0.2, 0) is 19.5 Å². The first-order chi connectivity index (χ1) is 13.5. The van der Waals surface area contributed by atoms with Crippen LogP contribution in [0.5, 0.6) is 0 Å². The Labute approximate surface area is 180 Å². The van der Waals surface area contributed by atoms with Gasteiger partial charge in [-0.15, -0.1) is 23.7 Å². The molecular weight excluding hydrogens is 408 g/mol. The summed E-state index contributed by atoms with van der Waals surface area (Å²) >= 11 is 1.42. The maximum atomic E-state index is 12.9. The molecule has 1 aromatic carbocycles. The molecule has 0 radical (unpaired) electrons. The number of benzene rings is 1. The van der Waals surface area contributed by atoms with Crippen LogP contribution in [0.2, 0.25) is 0 Å². The Morgan fingerprint density at radius 3 is 2.52 bits per heavy atom. The SMILES string of the molecule is CN(C)Cc1cc2c(o1)CN(C(=O)c1ccc(C(=O)c3cccs3)cc1)CC2.Cl. The number of hydrogen-bond acceptors (Lipinski definition) is 5. The van der Waals surface area contributed by atoms with Gasteiger partial charge >= 0.3 is 0 Å². The van der Waals surface area contributed by atoms with Crippen molar-refractivity contribution in [1.29, 1.82) is 0 Å². The minimum Gasteiger partial charge on any atom is -0.463 e. The number of halogens is 1. The van der Waals surface area contributed by atoms with E-state index in [0.29, 0.717) is 29.1 Å². The van der Waals surface area contributed by atoms with Crippen LogP contribution in [-0.4, -0.2) is 42.1 Å². The van der Waals surface area contributed by atoms with Crippen LogP contribution >= 0.6 is 23.7 Å². The highest BCUT2D eigenvalue weighted by atomic mass is 35.5. The van der Waals surface area contributed by atoms with Crippen LogP contribution < -0.4 is 0 Å². The predicted molar refractivity (Wildman–Crippen MR) is 116 cm³/mol. The topological polar surface area (TPSA) is 53.8 Å². The molecule has 5 nitrogen and oxygen atoms in total. The average Bonchev–Trinajstić information content (AvgIpc) is 3.35. The molecule has 0 N–H and O–H groups in total. The van der Waals surface area contributed by atoms with Crippen molar-refractivity contribution in [2.45, 2.75) is 19.5 Å². The van der Waals surface area contributed by atoms with Crippen molar-refractivity contribution in [3.8, 4) is 0 Å². The van der Waals surface area contributed by atoms with Crippen LogP contribution in [0.4, 0.5) is 0 Å². The number of nitrogens with zero attached hydrogens (tertiary/aromatic N) is 2. The van der Waals surface area contributed by atoms with Crippen LogP contribution in [0.3, 0.4) is 0 Å². The molecule has 3 aromatic rings. The first kappa shape index (κ1) is 21.3. The molecule has 1 aliphatic heterocycles. The van der Waals surface area contributed by atoms with Gasteiger partial charge in [-0.2, -0.15) is 0 Å². The van der Waals surface area contributed by atoms with Gasteiger partial charge in [0, 0.05) is 17.7 Å². The van der Waals surface area contributed by atoms with Crippen molar-refractivity contribution in [1.82, 2.24) is 9.80 Å². The van der Waals surface area contributed by atoms with Crippen molar-refractivity contribution >= 4 is 35.4 Å². The minimum atomic E-state index is -0.0358. The Balaban J connectivity index is 0.00000240. The Morgan fingerprint density at radius 1 is 1.14 bits per heavy atom. The van der Waals surface area contributed by atoms with Crippen LogP contribution in [0.25, 0.3) is 0 Å². The smallest absolute Gasteiger partial charge is 0.254 e. The summed E-state index contributed by atoms with van der Waals surface area (Å²) in [5, 5.41) is 1.88. The van der Waals surface area contributed by atoms with Crippen LogP contribution in [0.1, 0.15) is 42.7 Å². The van der Waals surface area contributed by atoms with E-state index in [4.69, 9.17) is 4.42 Å². The lowest BCUT2D eigenvalue weighted by Crippen LogP contribution is -2.35. The Hall–Kier alpha value is -2.41. The lowest BCUT2D eigenvalue weighted by atomic mass is 10.0. The Bertz CT molecular complexity index is 994. The standard InChI is InChI=1S/C22H22N2O3S.ClH/c1-23(2)13-18-12-17-9-10-24(14-19(17)27-18)22(26)16-7-5-15(6-8-16)21(25)20-4-3-11-28-20;/h3-8,11-12H,9-10,13-14H2,1-2H3;1H. The number of rotatable bonds is 5. The van der Waals surface area contributed by atoms with Crippen molar-refractivity contribution in [2.75, 3.05) is 20.6 Å². The van der Waals surface area contributed by atoms with Gasteiger partial charge in [0.2, 0.25) is 5.78 Å². The first-order valence-electron chi connectivity index (χ1n) is 9.24. The number of fused-ring (bicyclic) bond motifs is 1. The highest BCUT2D eigenvalue weighted by Gasteiger charge is 2.25. The van der Waals surface area contributed by atoms with Gasteiger partial charge in [-0.3, -0.25) is 9.59 Å². The second-order valence-corrected chi connectivity index (χ2v) is 8.21. The molecule has 7 heteroatoms. The number of amides is 1. The second-order valence-electron chi connectivity index (χ2n) is 7.26. The molecule has 1 amide bonds. The Morgan fingerprint density at radius 2 is 1.86 bits per heavy atom. The molecule has 2 aromatic heterocycles. The number of furan rings is 1. The van der Waals surface area contributed by atoms with Crippen LogP contribution in [0, 0.1) is 0 Å². The van der Waals surface area contributed by atoms with Gasteiger partial charge < -0.3 is 14.2 Å². The van der Waals surface area contributed by atoms with E-state index in [-0.39, 0.29) is 24.1 Å². The molecule has 0 spiro atoms. The van der Waals surface area contributed by atoms with Gasteiger partial charge in [-0.05, 0) is 55.7 Å². The average molecular weight is 431 g/mol. The summed E-state index contributed by atoms with van der Waals surface area (Å²) in [5.41, 5.74) is 2.38. The number of hydrogen-bond donors (Lipinski definition) is 0. The number of carbonyl (C=O) groups is 2. The van der Waals surface area contributed by atoms with Gasteiger partial charge in [0.05, 0.1) is 18.0 Å².